The van der Waals surface area contributed by atoms with Crippen LogP contribution in [0.5, 0.6) is 0 Å². The average molecular weight is 325 g/mol. The molecule has 16 heavy (non-hydrogen) atoms. The van der Waals surface area contributed by atoms with Crippen LogP contribution in [0.2, 0.25) is 0 Å². The van der Waals surface area contributed by atoms with Crippen LogP contribution in [0.25, 0.3) is 0 Å². The Hall–Kier alpha value is -1.01. The molecule has 0 aliphatic carbocycles. The van der Waals surface area contributed by atoms with Crippen LogP contribution in [-0.4, -0.2) is 10.2 Å². The van der Waals surface area contributed by atoms with Crippen LogP contribution >= 0.6 is 22.6 Å². The molecule has 0 saturated heterocycles. The zero-order chi connectivity index (χ0) is 11.4. The third kappa shape index (κ3) is 2.99. The molecule has 2 aromatic rings. The van der Waals surface area contributed by atoms with Gasteiger partial charge < -0.3 is 5.73 Å². The van der Waals surface area contributed by atoms with Crippen molar-refractivity contribution < 1.29 is 0 Å². The van der Waals surface area contributed by atoms with Gasteiger partial charge in [0.25, 0.3) is 0 Å². The highest BCUT2D eigenvalue weighted by atomic mass is 127. The lowest BCUT2D eigenvalue weighted by Gasteiger charge is -2.11. The summed E-state index contributed by atoms with van der Waals surface area (Å²) in [6.45, 7) is 0. The van der Waals surface area contributed by atoms with E-state index < -0.39 is 0 Å². The Morgan fingerprint density at radius 1 is 1.12 bits per heavy atom. The molecule has 2 N–H and O–H groups in total. The van der Waals surface area contributed by atoms with Crippen molar-refractivity contribution in [3.05, 3.63) is 57.4 Å². The molecule has 3 nitrogen and oxygen atoms in total. The van der Waals surface area contributed by atoms with Crippen LogP contribution in [0, 0.1) is 3.57 Å². The van der Waals surface area contributed by atoms with Crippen LogP contribution in [-0.2, 0) is 6.42 Å². The molecule has 0 aliphatic rings. The van der Waals surface area contributed by atoms with E-state index in [-0.39, 0.29) is 6.04 Å². The maximum Gasteiger partial charge on any atom is 0.0544 e. The van der Waals surface area contributed by atoms with E-state index in [4.69, 9.17) is 5.73 Å². The molecule has 4 heteroatoms. The second-order valence-electron chi connectivity index (χ2n) is 3.61. The third-order valence-corrected chi connectivity index (χ3v) is 3.12. The number of benzene rings is 1. The third-order valence-electron chi connectivity index (χ3n) is 2.40. The molecular formula is C12H12IN3. The van der Waals surface area contributed by atoms with Gasteiger partial charge in [-0.1, -0.05) is 12.1 Å². The Balaban J connectivity index is 2.08. The van der Waals surface area contributed by atoms with Crippen molar-refractivity contribution in [2.24, 2.45) is 5.73 Å². The van der Waals surface area contributed by atoms with E-state index in [1.165, 1.54) is 9.13 Å². The molecule has 0 aliphatic heterocycles. The number of halogens is 1. The summed E-state index contributed by atoms with van der Waals surface area (Å²) < 4.78 is 1.24. The van der Waals surface area contributed by atoms with Gasteiger partial charge in [0, 0.05) is 15.8 Å². The number of hydrogen-bond acceptors (Lipinski definition) is 3. The smallest absolute Gasteiger partial charge is 0.0544 e. The molecule has 2 rings (SSSR count). The van der Waals surface area contributed by atoms with Gasteiger partial charge in [0.05, 0.1) is 6.20 Å². The van der Waals surface area contributed by atoms with Gasteiger partial charge in [0.2, 0.25) is 0 Å². The van der Waals surface area contributed by atoms with Gasteiger partial charge in [-0.25, -0.2) is 0 Å². The summed E-state index contributed by atoms with van der Waals surface area (Å²) in [5.41, 5.74) is 8.36. The minimum atomic E-state index is -0.0180. The predicted octanol–water partition coefficient (Wildman–Crippen LogP) is 2.32. The molecule has 1 aromatic heterocycles. The zero-order valence-electron chi connectivity index (χ0n) is 8.68. The standard InChI is InChI=1S/C12H12IN3/c13-11-3-1-9(2-4-11)7-12(14)10-5-6-15-16-8-10/h1-6,8,12H,7,14H2. The first-order valence-corrected chi connectivity index (χ1v) is 6.10. The van der Waals surface area contributed by atoms with Crippen LogP contribution in [0.1, 0.15) is 17.2 Å². The maximum atomic E-state index is 6.10. The minimum absolute atomic E-state index is 0.0180. The molecule has 0 radical (unpaired) electrons. The van der Waals surface area contributed by atoms with Crippen molar-refractivity contribution in [3.63, 3.8) is 0 Å². The molecule has 1 atom stereocenters. The van der Waals surface area contributed by atoms with Crippen molar-refractivity contribution in [3.8, 4) is 0 Å². The highest BCUT2D eigenvalue weighted by molar-refractivity contribution is 14.1. The van der Waals surface area contributed by atoms with Crippen LogP contribution in [0.4, 0.5) is 0 Å². The fourth-order valence-electron chi connectivity index (χ4n) is 1.51. The molecule has 0 bridgehead atoms. The van der Waals surface area contributed by atoms with Gasteiger partial charge in [-0.15, -0.1) is 0 Å². The maximum absolute atomic E-state index is 6.10. The van der Waals surface area contributed by atoms with E-state index in [2.05, 4.69) is 57.1 Å². The largest absolute Gasteiger partial charge is 0.324 e. The van der Waals surface area contributed by atoms with Crippen LogP contribution < -0.4 is 5.73 Å². The second-order valence-corrected chi connectivity index (χ2v) is 4.86. The van der Waals surface area contributed by atoms with Crippen molar-refractivity contribution in [2.75, 3.05) is 0 Å². The highest BCUT2D eigenvalue weighted by Crippen LogP contribution is 2.15. The summed E-state index contributed by atoms with van der Waals surface area (Å²) >= 11 is 2.29. The Kier molecular flexibility index (Phi) is 3.84. The molecule has 82 valence electrons. The summed E-state index contributed by atoms with van der Waals surface area (Å²) in [7, 11) is 0. The molecule has 0 fully saturated rings. The Labute approximate surface area is 108 Å². The van der Waals surface area contributed by atoms with E-state index in [1.54, 1.807) is 12.4 Å². The molecule has 1 unspecified atom stereocenters. The summed E-state index contributed by atoms with van der Waals surface area (Å²) in [4.78, 5) is 0. The number of rotatable bonds is 3. The van der Waals surface area contributed by atoms with Crippen molar-refractivity contribution in [2.45, 2.75) is 12.5 Å². The lowest BCUT2D eigenvalue weighted by Crippen LogP contribution is -2.13. The van der Waals surface area contributed by atoms with Crippen LogP contribution in [0.15, 0.2) is 42.7 Å². The van der Waals surface area contributed by atoms with Gasteiger partial charge in [-0.2, -0.15) is 10.2 Å². The fourth-order valence-corrected chi connectivity index (χ4v) is 1.87. The topological polar surface area (TPSA) is 51.8 Å². The zero-order valence-corrected chi connectivity index (χ0v) is 10.8. The number of hydrogen-bond donors (Lipinski definition) is 1. The summed E-state index contributed by atoms with van der Waals surface area (Å²) in [6, 6.07) is 10.3. The first kappa shape index (κ1) is 11.5. The number of nitrogens with zero attached hydrogens (tertiary/aromatic N) is 2. The lowest BCUT2D eigenvalue weighted by atomic mass is 10.0. The minimum Gasteiger partial charge on any atom is -0.324 e. The van der Waals surface area contributed by atoms with Crippen molar-refractivity contribution >= 4 is 22.6 Å². The van der Waals surface area contributed by atoms with Crippen LogP contribution in [0.3, 0.4) is 0 Å². The first-order valence-electron chi connectivity index (χ1n) is 5.02. The van der Waals surface area contributed by atoms with Crippen molar-refractivity contribution in [1.82, 2.24) is 10.2 Å². The van der Waals surface area contributed by atoms with Gasteiger partial charge in [-0.05, 0) is 58.3 Å². The van der Waals surface area contributed by atoms with Gasteiger partial charge >= 0.3 is 0 Å². The molecule has 0 spiro atoms. The number of aromatic nitrogens is 2. The summed E-state index contributed by atoms with van der Waals surface area (Å²) in [5, 5.41) is 7.57. The SMILES string of the molecule is NC(Cc1ccc(I)cc1)c1ccnnc1. The first-order chi connectivity index (χ1) is 7.75. The normalized spacial score (nSPS) is 12.4. The monoisotopic (exact) mass is 325 g/mol. The Bertz CT molecular complexity index is 442. The molecule has 1 aromatic carbocycles. The molecular weight excluding hydrogens is 313 g/mol. The Morgan fingerprint density at radius 2 is 1.88 bits per heavy atom. The van der Waals surface area contributed by atoms with Gasteiger partial charge in [0.15, 0.2) is 0 Å². The molecule has 0 amide bonds. The quantitative estimate of drug-likeness (QED) is 0.881. The second kappa shape index (κ2) is 5.36. The van der Waals surface area contributed by atoms with E-state index in [9.17, 15) is 0 Å². The average Bonchev–Trinajstić information content (AvgIpc) is 2.33. The lowest BCUT2D eigenvalue weighted by molar-refractivity contribution is 0.712. The highest BCUT2D eigenvalue weighted by Gasteiger charge is 2.06. The van der Waals surface area contributed by atoms with Gasteiger partial charge in [-0.3, -0.25) is 0 Å². The summed E-state index contributed by atoms with van der Waals surface area (Å²) in [5.74, 6) is 0. The Morgan fingerprint density at radius 3 is 2.50 bits per heavy atom. The molecule has 0 saturated carbocycles. The van der Waals surface area contributed by atoms with Gasteiger partial charge in [0.1, 0.15) is 0 Å². The fraction of sp³-hybridized carbons (Fsp3) is 0.167. The number of nitrogens with two attached hydrogens (primary N) is 1. The van der Waals surface area contributed by atoms with Crippen molar-refractivity contribution in [1.29, 1.82) is 0 Å². The van der Waals surface area contributed by atoms with E-state index >= 15 is 0 Å². The molecule has 1 heterocycles. The predicted molar refractivity (Wildman–Crippen MR) is 71.8 cm³/mol. The van der Waals surface area contributed by atoms with E-state index in [0.29, 0.717) is 0 Å². The van der Waals surface area contributed by atoms with E-state index in [1.807, 2.05) is 6.07 Å². The van der Waals surface area contributed by atoms with E-state index in [0.717, 1.165) is 12.0 Å². The summed E-state index contributed by atoms with van der Waals surface area (Å²) in [6.07, 6.45) is 4.21.